The molecule has 33 heavy (non-hydrogen) atoms. The number of esters is 2. The maximum Gasteiger partial charge on any atom is 0.338 e. The van der Waals surface area contributed by atoms with Gasteiger partial charge in [-0.05, 0) is 41.3 Å². The fourth-order valence-corrected chi connectivity index (χ4v) is 3.19. The van der Waals surface area contributed by atoms with Crippen LogP contribution in [-0.2, 0) is 19.1 Å². The lowest BCUT2D eigenvalue weighted by atomic mass is 9.91. The standard InChI is InChI=1S/C27H27NO5/c1-19(2)17-32-26(30)22-13-15-23(16-14-22)28-24(29)18-33-27(31)25(20-9-5-3-6-10-20)21-11-7-4-8-12-21/h3-16,19,25H,17-18H2,1-2H3,(H,28,29). The van der Waals surface area contributed by atoms with Crippen molar-refractivity contribution in [2.75, 3.05) is 18.5 Å². The van der Waals surface area contributed by atoms with Gasteiger partial charge in [0, 0.05) is 5.69 Å². The van der Waals surface area contributed by atoms with E-state index in [1.807, 2.05) is 74.5 Å². The van der Waals surface area contributed by atoms with E-state index in [0.717, 1.165) is 11.1 Å². The van der Waals surface area contributed by atoms with Crippen molar-refractivity contribution >= 4 is 23.5 Å². The maximum atomic E-state index is 12.9. The van der Waals surface area contributed by atoms with Crippen molar-refractivity contribution in [3.8, 4) is 0 Å². The van der Waals surface area contributed by atoms with Gasteiger partial charge in [0.1, 0.15) is 5.92 Å². The second-order valence-corrected chi connectivity index (χ2v) is 7.98. The van der Waals surface area contributed by atoms with Gasteiger partial charge in [0.05, 0.1) is 12.2 Å². The van der Waals surface area contributed by atoms with E-state index in [1.54, 1.807) is 24.3 Å². The minimum absolute atomic E-state index is 0.249. The molecule has 0 bridgehead atoms. The highest BCUT2D eigenvalue weighted by molar-refractivity contribution is 5.95. The third-order valence-electron chi connectivity index (χ3n) is 4.80. The number of nitrogens with one attached hydrogen (secondary N) is 1. The summed E-state index contributed by atoms with van der Waals surface area (Å²) in [6, 6.07) is 24.9. The molecule has 0 saturated heterocycles. The number of carbonyl (C=O) groups is 3. The van der Waals surface area contributed by atoms with Gasteiger partial charge >= 0.3 is 11.9 Å². The molecule has 0 radical (unpaired) electrons. The van der Waals surface area contributed by atoms with Crippen LogP contribution in [0.1, 0.15) is 41.3 Å². The number of anilines is 1. The largest absolute Gasteiger partial charge is 0.462 e. The molecule has 3 aromatic carbocycles. The van der Waals surface area contributed by atoms with Gasteiger partial charge in [-0.2, -0.15) is 0 Å². The van der Waals surface area contributed by atoms with Gasteiger partial charge in [-0.25, -0.2) is 4.79 Å². The first-order chi connectivity index (χ1) is 15.9. The van der Waals surface area contributed by atoms with Crippen LogP contribution in [0.15, 0.2) is 84.9 Å². The van der Waals surface area contributed by atoms with E-state index in [1.165, 1.54) is 0 Å². The minimum Gasteiger partial charge on any atom is -0.462 e. The average Bonchev–Trinajstić information content (AvgIpc) is 2.83. The van der Waals surface area contributed by atoms with Crippen LogP contribution in [0.25, 0.3) is 0 Å². The second-order valence-electron chi connectivity index (χ2n) is 7.98. The van der Waals surface area contributed by atoms with E-state index in [-0.39, 0.29) is 5.92 Å². The van der Waals surface area contributed by atoms with Gasteiger partial charge in [0.15, 0.2) is 6.61 Å². The zero-order valence-corrected chi connectivity index (χ0v) is 18.7. The summed E-state index contributed by atoms with van der Waals surface area (Å²) in [5.74, 6) is -1.78. The summed E-state index contributed by atoms with van der Waals surface area (Å²) in [7, 11) is 0. The lowest BCUT2D eigenvalue weighted by Gasteiger charge is -2.17. The highest BCUT2D eigenvalue weighted by Gasteiger charge is 2.24. The Morgan fingerprint density at radius 2 is 1.30 bits per heavy atom. The third-order valence-corrected chi connectivity index (χ3v) is 4.80. The first-order valence-electron chi connectivity index (χ1n) is 10.8. The molecule has 0 aromatic heterocycles. The lowest BCUT2D eigenvalue weighted by Crippen LogP contribution is -2.24. The summed E-state index contributed by atoms with van der Waals surface area (Å²) in [6.45, 7) is 3.84. The van der Waals surface area contributed by atoms with E-state index in [2.05, 4.69) is 5.32 Å². The topological polar surface area (TPSA) is 81.7 Å². The van der Waals surface area contributed by atoms with E-state index in [9.17, 15) is 14.4 Å². The van der Waals surface area contributed by atoms with E-state index in [4.69, 9.17) is 9.47 Å². The van der Waals surface area contributed by atoms with Gasteiger partial charge in [-0.15, -0.1) is 0 Å². The molecular weight excluding hydrogens is 418 g/mol. The van der Waals surface area contributed by atoms with Gasteiger partial charge in [0.2, 0.25) is 0 Å². The Kier molecular flexibility index (Phi) is 8.36. The Hall–Kier alpha value is -3.93. The average molecular weight is 446 g/mol. The van der Waals surface area contributed by atoms with Crippen molar-refractivity contribution in [3.05, 3.63) is 102 Å². The number of amides is 1. The van der Waals surface area contributed by atoms with Crippen molar-refractivity contribution in [1.82, 2.24) is 0 Å². The zero-order chi connectivity index (χ0) is 23.6. The number of rotatable bonds is 9. The summed E-state index contributed by atoms with van der Waals surface area (Å²) in [5.41, 5.74) is 2.45. The first-order valence-corrected chi connectivity index (χ1v) is 10.8. The molecule has 3 rings (SSSR count). The van der Waals surface area contributed by atoms with Crippen molar-refractivity contribution in [3.63, 3.8) is 0 Å². The summed E-state index contributed by atoms with van der Waals surface area (Å²) in [6.07, 6.45) is 0. The molecule has 1 N–H and O–H groups in total. The third kappa shape index (κ3) is 7.04. The SMILES string of the molecule is CC(C)COC(=O)c1ccc(NC(=O)COC(=O)C(c2ccccc2)c2ccccc2)cc1. The van der Waals surface area contributed by atoms with Crippen LogP contribution in [0.4, 0.5) is 5.69 Å². The molecular formula is C27H27NO5. The predicted molar refractivity (Wildman–Crippen MR) is 126 cm³/mol. The smallest absolute Gasteiger partial charge is 0.338 e. The van der Waals surface area contributed by atoms with Crippen molar-refractivity contribution in [2.45, 2.75) is 19.8 Å². The molecule has 0 aliphatic heterocycles. The number of ether oxygens (including phenoxy) is 2. The summed E-state index contributed by atoms with van der Waals surface area (Å²) >= 11 is 0. The maximum absolute atomic E-state index is 12.9. The molecule has 170 valence electrons. The fraction of sp³-hybridized carbons (Fsp3) is 0.222. The van der Waals surface area contributed by atoms with Gasteiger partial charge in [-0.3, -0.25) is 9.59 Å². The van der Waals surface area contributed by atoms with Crippen LogP contribution in [-0.4, -0.2) is 31.1 Å². The van der Waals surface area contributed by atoms with Crippen LogP contribution in [0.2, 0.25) is 0 Å². The van der Waals surface area contributed by atoms with Crippen LogP contribution in [0.5, 0.6) is 0 Å². The van der Waals surface area contributed by atoms with Crippen LogP contribution in [0.3, 0.4) is 0 Å². The van der Waals surface area contributed by atoms with Gasteiger partial charge in [0.25, 0.3) is 5.91 Å². The predicted octanol–water partition coefficient (Wildman–Crippen LogP) is 4.81. The molecule has 0 aliphatic rings. The Labute approximate surface area is 193 Å². The molecule has 0 spiro atoms. The normalized spacial score (nSPS) is 10.7. The van der Waals surface area contributed by atoms with Gasteiger partial charge in [-0.1, -0.05) is 74.5 Å². The number of benzene rings is 3. The molecule has 6 nitrogen and oxygen atoms in total. The number of hydrogen-bond acceptors (Lipinski definition) is 5. The van der Waals surface area contributed by atoms with E-state index < -0.39 is 30.4 Å². The molecule has 0 aliphatic carbocycles. The lowest BCUT2D eigenvalue weighted by molar-refractivity contribution is -0.147. The Balaban J connectivity index is 1.58. The molecule has 6 heteroatoms. The highest BCUT2D eigenvalue weighted by Crippen LogP contribution is 2.26. The minimum atomic E-state index is -0.628. The summed E-state index contributed by atoms with van der Waals surface area (Å²) in [4.78, 5) is 37.2. The van der Waals surface area contributed by atoms with Crippen LogP contribution >= 0.6 is 0 Å². The van der Waals surface area contributed by atoms with Crippen molar-refractivity contribution in [2.24, 2.45) is 5.92 Å². The van der Waals surface area contributed by atoms with Gasteiger partial charge < -0.3 is 14.8 Å². The van der Waals surface area contributed by atoms with Crippen LogP contribution in [0, 0.1) is 5.92 Å². The van der Waals surface area contributed by atoms with Crippen LogP contribution < -0.4 is 5.32 Å². The molecule has 0 fully saturated rings. The first kappa shape index (κ1) is 23.7. The quantitative estimate of drug-likeness (QED) is 0.478. The van der Waals surface area contributed by atoms with E-state index in [0.29, 0.717) is 17.9 Å². The molecule has 0 saturated carbocycles. The molecule has 0 heterocycles. The molecule has 1 amide bonds. The Morgan fingerprint density at radius 1 is 0.758 bits per heavy atom. The fourth-order valence-electron chi connectivity index (χ4n) is 3.19. The van der Waals surface area contributed by atoms with Crippen molar-refractivity contribution in [1.29, 1.82) is 0 Å². The zero-order valence-electron chi connectivity index (χ0n) is 18.7. The molecule has 0 atom stereocenters. The summed E-state index contributed by atoms with van der Waals surface area (Å²) < 4.78 is 10.5. The number of carbonyl (C=O) groups excluding carboxylic acids is 3. The number of hydrogen-bond donors (Lipinski definition) is 1. The molecule has 3 aromatic rings. The monoisotopic (exact) mass is 445 g/mol. The van der Waals surface area contributed by atoms with Crippen molar-refractivity contribution < 1.29 is 23.9 Å². The Bertz CT molecular complexity index is 1020. The Morgan fingerprint density at radius 3 is 1.82 bits per heavy atom. The summed E-state index contributed by atoms with van der Waals surface area (Å²) in [5, 5.41) is 2.66. The molecule has 0 unspecified atom stereocenters. The second kappa shape index (κ2) is 11.6. The van der Waals surface area contributed by atoms with E-state index >= 15 is 0 Å². The highest BCUT2D eigenvalue weighted by atomic mass is 16.5.